The van der Waals surface area contributed by atoms with Crippen LogP contribution in [0, 0.1) is 11.3 Å². The Balaban J connectivity index is 1.97. The molecule has 0 radical (unpaired) electrons. The highest BCUT2D eigenvalue weighted by atomic mass is 16.5. The van der Waals surface area contributed by atoms with Crippen LogP contribution in [0.15, 0.2) is 41.1 Å². The van der Waals surface area contributed by atoms with Gasteiger partial charge in [0.15, 0.2) is 0 Å². The molecule has 0 bridgehead atoms. The molecule has 0 amide bonds. The molecule has 0 atom stereocenters. The summed E-state index contributed by atoms with van der Waals surface area (Å²) in [6.45, 7) is 3.41. The fourth-order valence-corrected chi connectivity index (χ4v) is 2.15. The standard InChI is InChI=1S/C17H19N3O3/c1-14(21)22-13-17-6-5-16(23-17)12-20(9-3-7-18)11-15-4-2-8-19-10-15/h2,4-6,8,10H,3,9,11-13H2,1H3. The molecule has 0 saturated carbocycles. The number of carbonyl (C=O) groups excluding carboxylic acids is 1. The summed E-state index contributed by atoms with van der Waals surface area (Å²) in [5.41, 5.74) is 1.08. The highest BCUT2D eigenvalue weighted by molar-refractivity contribution is 5.65. The molecule has 6 nitrogen and oxygen atoms in total. The zero-order valence-corrected chi connectivity index (χ0v) is 13.1. The molecule has 0 aromatic carbocycles. The van der Waals surface area contributed by atoms with Crippen molar-refractivity contribution in [2.45, 2.75) is 33.0 Å². The SMILES string of the molecule is CC(=O)OCc1ccc(CN(CCC#N)Cc2cccnc2)o1. The van der Waals surface area contributed by atoms with E-state index in [0.717, 1.165) is 11.3 Å². The third kappa shape index (κ3) is 5.93. The smallest absolute Gasteiger partial charge is 0.303 e. The number of hydrogen-bond donors (Lipinski definition) is 0. The van der Waals surface area contributed by atoms with Crippen molar-refractivity contribution in [2.75, 3.05) is 6.54 Å². The second-order valence-corrected chi connectivity index (χ2v) is 5.13. The molecule has 2 heterocycles. The molecule has 23 heavy (non-hydrogen) atoms. The molecule has 0 aliphatic carbocycles. The number of nitrogens with zero attached hydrogens (tertiary/aromatic N) is 3. The lowest BCUT2D eigenvalue weighted by molar-refractivity contribution is -0.142. The summed E-state index contributed by atoms with van der Waals surface area (Å²) in [7, 11) is 0. The number of ether oxygens (including phenoxy) is 1. The number of nitriles is 1. The van der Waals surface area contributed by atoms with Crippen molar-refractivity contribution >= 4 is 5.97 Å². The van der Waals surface area contributed by atoms with Gasteiger partial charge in [0.1, 0.15) is 18.1 Å². The largest absolute Gasteiger partial charge is 0.461 e. The van der Waals surface area contributed by atoms with Crippen molar-refractivity contribution in [3.63, 3.8) is 0 Å². The molecule has 6 heteroatoms. The van der Waals surface area contributed by atoms with Crippen LogP contribution in [0.1, 0.15) is 30.4 Å². The zero-order valence-electron chi connectivity index (χ0n) is 13.1. The van der Waals surface area contributed by atoms with Gasteiger partial charge in [-0.15, -0.1) is 0 Å². The molecule has 0 unspecified atom stereocenters. The van der Waals surface area contributed by atoms with Crippen molar-refractivity contribution in [3.8, 4) is 6.07 Å². The maximum absolute atomic E-state index is 10.8. The van der Waals surface area contributed by atoms with Crippen LogP contribution < -0.4 is 0 Å². The molecular formula is C17H19N3O3. The maximum Gasteiger partial charge on any atom is 0.303 e. The first-order chi connectivity index (χ1) is 11.2. The summed E-state index contributed by atoms with van der Waals surface area (Å²) in [5, 5.41) is 8.81. The Bertz CT molecular complexity index is 661. The second-order valence-electron chi connectivity index (χ2n) is 5.13. The Morgan fingerprint density at radius 1 is 1.35 bits per heavy atom. The van der Waals surface area contributed by atoms with E-state index in [2.05, 4.69) is 16.0 Å². The van der Waals surface area contributed by atoms with Crippen LogP contribution in [0.25, 0.3) is 0 Å². The lowest BCUT2D eigenvalue weighted by Crippen LogP contribution is -2.23. The lowest BCUT2D eigenvalue weighted by Gasteiger charge is -2.19. The van der Waals surface area contributed by atoms with Gasteiger partial charge in [0, 0.05) is 38.8 Å². The van der Waals surface area contributed by atoms with Gasteiger partial charge >= 0.3 is 5.97 Å². The van der Waals surface area contributed by atoms with Crippen LogP contribution >= 0.6 is 0 Å². The average Bonchev–Trinajstić information content (AvgIpc) is 2.99. The summed E-state index contributed by atoms with van der Waals surface area (Å²) < 4.78 is 10.6. The van der Waals surface area contributed by atoms with E-state index in [1.807, 2.05) is 24.4 Å². The van der Waals surface area contributed by atoms with Gasteiger partial charge in [0.05, 0.1) is 12.6 Å². The van der Waals surface area contributed by atoms with Crippen LogP contribution in [0.4, 0.5) is 0 Å². The first kappa shape index (κ1) is 16.7. The first-order valence-corrected chi connectivity index (χ1v) is 7.36. The average molecular weight is 313 g/mol. The van der Waals surface area contributed by atoms with E-state index in [0.29, 0.717) is 31.8 Å². The van der Waals surface area contributed by atoms with Crippen LogP contribution in [0.2, 0.25) is 0 Å². The molecule has 120 valence electrons. The number of esters is 1. The fourth-order valence-electron chi connectivity index (χ4n) is 2.15. The summed E-state index contributed by atoms with van der Waals surface area (Å²) in [6, 6.07) is 9.71. The van der Waals surface area contributed by atoms with Crippen molar-refractivity contribution in [2.24, 2.45) is 0 Å². The van der Waals surface area contributed by atoms with Gasteiger partial charge in [-0.1, -0.05) is 6.07 Å². The molecule has 0 fully saturated rings. The summed E-state index contributed by atoms with van der Waals surface area (Å²) in [6.07, 6.45) is 3.99. The number of hydrogen-bond acceptors (Lipinski definition) is 6. The topological polar surface area (TPSA) is 79.4 Å². The minimum Gasteiger partial charge on any atom is -0.461 e. The number of carbonyl (C=O) groups is 1. The maximum atomic E-state index is 10.8. The number of furan rings is 1. The van der Waals surface area contributed by atoms with Gasteiger partial charge in [0.2, 0.25) is 0 Å². The minimum absolute atomic E-state index is 0.135. The quantitative estimate of drug-likeness (QED) is 0.697. The third-order valence-electron chi connectivity index (χ3n) is 3.18. The molecule has 2 aromatic heterocycles. The molecule has 0 spiro atoms. The Morgan fingerprint density at radius 3 is 2.87 bits per heavy atom. The van der Waals surface area contributed by atoms with Crippen LogP contribution in [-0.2, 0) is 29.2 Å². The van der Waals surface area contributed by atoms with Crippen LogP contribution in [0.3, 0.4) is 0 Å². The molecule has 0 aliphatic heterocycles. The molecule has 0 aliphatic rings. The Hall–Kier alpha value is -2.65. The Kier molecular flexibility index (Phi) is 6.33. The predicted molar refractivity (Wildman–Crippen MR) is 82.8 cm³/mol. The van der Waals surface area contributed by atoms with Gasteiger partial charge in [-0.3, -0.25) is 14.7 Å². The molecular weight excluding hydrogens is 294 g/mol. The second kappa shape index (κ2) is 8.71. The molecule has 2 aromatic rings. The fraction of sp³-hybridized carbons (Fsp3) is 0.353. The molecule has 0 saturated heterocycles. The lowest BCUT2D eigenvalue weighted by atomic mass is 10.2. The van der Waals surface area contributed by atoms with Gasteiger partial charge < -0.3 is 9.15 Å². The number of aromatic nitrogens is 1. The molecule has 0 N–H and O–H groups in total. The van der Waals surface area contributed by atoms with Gasteiger partial charge in [-0.05, 0) is 23.8 Å². The molecule has 2 rings (SSSR count). The minimum atomic E-state index is -0.338. The Labute approximate surface area is 135 Å². The van der Waals surface area contributed by atoms with Crippen molar-refractivity contribution in [1.82, 2.24) is 9.88 Å². The monoisotopic (exact) mass is 313 g/mol. The van der Waals surface area contributed by atoms with E-state index in [9.17, 15) is 4.79 Å². The van der Waals surface area contributed by atoms with Gasteiger partial charge in [-0.2, -0.15) is 5.26 Å². The Morgan fingerprint density at radius 2 is 2.17 bits per heavy atom. The van der Waals surface area contributed by atoms with Crippen LogP contribution in [-0.4, -0.2) is 22.4 Å². The first-order valence-electron chi connectivity index (χ1n) is 7.36. The van der Waals surface area contributed by atoms with Crippen molar-refractivity contribution < 1.29 is 13.9 Å². The normalized spacial score (nSPS) is 10.5. The van der Waals surface area contributed by atoms with E-state index >= 15 is 0 Å². The van der Waals surface area contributed by atoms with E-state index in [1.54, 1.807) is 12.3 Å². The summed E-state index contributed by atoms with van der Waals surface area (Å²) in [5.74, 6) is 1.04. The summed E-state index contributed by atoms with van der Waals surface area (Å²) >= 11 is 0. The van der Waals surface area contributed by atoms with E-state index in [-0.39, 0.29) is 12.6 Å². The third-order valence-corrected chi connectivity index (χ3v) is 3.18. The highest BCUT2D eigenvalue weighted by Gasteiger charge is 2.11. The predicted octanol–water partition coefficient (Wildman–Crippen LogP) is 2.65. The van der Waals surface area contributed by atoms with Gasteiger partial charge in [-0.25, -0.2) is 0 Å². The van der Waals surface area contributed by atoms with Gasteiger partial charge in [0.25, 0.3) is 0 Å². The number of rotatable bonds is 8. The highest BCUT2D eigenvalue weighted by Crippen LogP contribution is 2.14. The van der Waals surface area contributed by atoms with E-state index < -0.39 is 0 Å². The van der Waals surface area contributed by atoms with E-state index in [1.165, 1.54) is 6.92 Å². The zero-order chi connectivity index (χ0) is 16.5. The summed E-state index contributed by atoms with van der Waals surface area (Å²) in [4.78, 5) is 17.0. The van der Waals surface area contributed by atoms with Crippen molar-refractivity contribution in [1.29, 1.82) is 5.26 Å². The van der Waals surface area contributed by atoms with Crippen molar-refractivity contribution in [3.05, 3.63) is 53.7 Å². The number of pyridine rings is 1. The van der Waals surface area contributed by atoms with E-state index in [4.69, 9.17) is 14.4 Å². The van der Waals surface area contributed by atoms with Crippen LogP contribution in [0.5, 0.6) is 0 Å².